The molecular formula is C45H44FN3O6Si. The number of nitrogens with zero attached hydrogens (tertiary/aromatic N) is 3. The number of carbonyl (C=O) groups excluding carboxylic acids is 3. The number of carbonyl (C=O) groups is 3. The maximum absolute atomic E-state index is 16.8. The van der Waals surface area contributed by atoms with Gasteiger partial charge in [0, 0.05) is 35.8 Å². The number of aliphatic hydroxyl groups excluding tert-OH is 1. The van der Waals surface area contributed by atoms with E-state index in [9.17, 15) is 14.7 Å². The zero-order chi connectivity index (χ0) is 39.2. The first-order chi connectivity index (χ1) is 27.0. The van der Waals surface area contributed by atoms with Crippen LogP contribution in [0, 0.1) is 5.92 Å². The first-order valence-electron chi connectivity index (χ1n) is 19.0. The maximum atomic E-state index is 16.8. The second kappa shape index (κ2) is 14.8. The Labute approximate surface area is 327 Å². The Morgan fingerprint density at radius 1 is 0.839 bits per heavy atom. The van der Waals surface area contributed by atoms with Gasteiger partial charge in [0.1, 0.15) is 5.75 Å². The van der Waals surface area contributed by atoms with Crippen molar-refractivity contribution in [3.8, 4) is 11.5 Å². The van der Waals surface area contributed by atoms with E-state index in [2.05, 4.69) is 0 Å². The molecule has 286 valence electrons. The number of para-hydroxylation sites is 3. The lowest BCUT2D eigenvalue weighted by molar-refractivity contribution is -0.150. The standard InChI is InChI=1S/C45H44FN3O6Si/c1-30-42(56(2,3)46)40(27-41(51)47(24-25-50)28-31-14-6-4-7-15-31)55-45(30)35-26-33(22-23-36(35)48(44(45)53)29-32-16-8-5-9-17-32)49-37-19-11-13-21-39(37)54-38-20-12-10-18-34(38)43(49)52/h4-23,26,30,40,42,50H,24-25,27-29H2,1-3H3/t30-,40+,42-,45+/m0/s1. The van der Waals surface area contributed by atoms with E-state index in [4.69, 9.17) is 9.47 Å². The van der Waals surface area contributed by atoms with Crippen molar-refractivity contribution in [3.63, 3.8) is 0 Å². The average Bonchev–Trinajstić information content (AvgIpc) is 3.56. The van der Waals surface area contributed by atoms with Crippen LogP contribution in [0.5, 0.6) is 11.5 Å². The minimum absolute atomic E-state index is 0.0937. The van der Waals surface area contributed by atoms with E-state index in [1.54, 1.807) is 52.1 Å². The van der Waals surface area contributed by atoms with E-state index in [1.165, 1.54) is 0 Å². The van der Waals surface area contributed by atoms with Crippen LogP contribution in [0.3, 0.4) is 0 Å². The van der Waals surface area contributed by atoms with Gasteiger partial charge in [-0.25, -0.2) is 0 Å². The molecule has 0 aromatic heterocycles. The van der Waals surface area contributed by atoms with Crippen LogP contribution < -0.4 is 14.5 Å². The zero-order valence-corrected chi connectivity index (χ0v) is 32.6. The number of fused-ring (bicyclic) bond motifs is 4. The molecule has 5 aromatic carbocycles. The van der Waals surface area contributed by atoms with E-state index in [0.29, 0.717) is 39.7 Å². The molecule has 0 unspecified atom stereocenters. The Morgan fingerprint density at radius 3 is 2.18 bits per heavy atom. The highest BCUT2D eigenvalue weighted by atomic mass is 28.4. The third-order valence-corrected chi connectivity index (χ3v) is 13.8. The van der Waals surface area contributed by atoms with E-state index >= 15 is 8.90 Å². The predicted molar refractivity (Wildman–Crippen MR) is 215 cm³/mol. The summed E-state index contributed by atoms with van der Waals surface area (Å²) in [5, 5.41) is 9.93. The van der Waals surface area contributed by atoms with Crippen LogP contribution in [0.1, 0.15) is 40.4 Å². The van der Waals surface area contributed by atoms with Crippen molar-refractivity contribution in [2.45, 2.75) is 56.8 Å². The SMILES string of the molecule is C[C@H]1[C@H]([Si](C)(C)F)[C@@H](CC(=O)N(CCO)Cc2ccccc2)O[C@]12C(=O)N(Cc1ccccc1)c1ccc(N3C(=O)c4ccccc4Oc4ccccc43)cc12. The largest absolute Gasteiger partial charge is 0.454 e. The molecule has 3 aliphatic rings. The smallest absolute Gasteiger partial charge is 0.266 e. The number of ether oxygens (including phenoxy) is 2. The number of rotatable bonds is 10. The quantitative estimate of drug-likeness (QED) is 0.113. The molecule has 11 heteroatoms. The van der Waals surface area contributed by atoms with Gasteiger partial charge in [-0.1, -0.05) is 91.9 Å². The van der Waals surface area contributed by atoms with Gasteiger partial charge in [0.05, 0.1) is 42.6 Å². The van der Waals surface area contributed by atoms with Crippen LogP contribution in [0.4, 0.5) is 21.2 Å². The van der Waals surface area contributed by atoms with Gasteiger partial charge in [0.15, 0.2) is 11.4 Å². The lowest BCUT2D eigenvalue weighted by Crippen LogP contribution is -2.45. The lowest BCUT2D eigenvalue weighted by Gasteiger charge is -2.31. The molecule has 0 radical (unpaired) electrons. The third kappa shape index (κ3) is 6.49. The lowest BCUT2D eigenvalue weighted by atomic mass is 9.82. The molecule has 5 aromatic rings. The number of aliphatic hydroxyl groups is 1. The molecule has 1 spiro atoms. The van der Waals surface area contributed by atoms with Crippen LogP contribution >= 0.6 is 0 Å². The number of anilines is 3. The predicted octanol–water partition coefficient (Wildman–Crippen LogP) is 8.50. The minimum atomic E-state index is -3.63. The molecule has 1 saturated heterocycles. The molecule has 1 fully saturated rings. The average molecular weight is 770 g/mol. The van der Waals surface area contributed by atoms with Gasteiger partial charge in [0.25, 0.3) is 11.8 Å². The van der Waals surface area contributed by atoms with Crippen LogP contribution in [0.15, 0.2) is 127 Å². The van der Waals surface area contributed by atoms with E-state index < -0.39 is 31.6 Å². The first-order valence-corrected chi connectivity index (χ1v) is 22.0. The topological polar surface area (TPSA) is 99.6 Å². The molecule has 0 aliphatic carbocycles. The second-order valence-electron chi connectivity index (χ2n) is 15.3. The maximum Gasteiger partial charge on any atom is 0.266 e. The van der Waals surface area contributed by atoms with Crippen molar-refractivity contribution >= 4 is 43.2 Å². The minimum Gasteiger partial charge on any atom is -0.454 e. The summed E-state index contributed by atoms with van der Waals surface area (Å²) in [6.07, 6.45) is -1.10. The first kappa shape index (κ1) is 37.3. The van der Waals surface area contributed by atoms with Crippen molar-refractivity contribution in [2.24, 2.45) is 5.92 Å². The molecule has 0 saturated carbocycles. The summed E-state index contributed by atoms with van der Waals surface area (Å²) < 4.78 is 30.1. The summed E-state index contributed by atoms with van der Waals surface area (Å²) in [5.41, 5.74) is 1.88. The summed E-state index contributed by atoms with van der Waals surface area (Å²) in [7, 11) is -3.63. The Hall–Kier alpha value is -5.62. The van der Waals surface area contributed by atoms with E-state index in [0.717, 1.165) is 11.1 Å². The summed E-state index contributed by atoms with van der Waals surface area (Å²) in [4.78, 5) is 48.7. The van der Waals surface area contributed by atoms with Gasteiger partial charge in [-0.3, -0.25) is 19.3 Å². The highest BCUT2D eigenvalue weighted by Crippen LogP contribution is 2.61. The number of hydrogen-bond acceptors (Lipinski definition) is 6. The second-order valence-corrected chi connectivity index (χ2v) is 19.1. The fourth-order valence-corrected chi connectivity index (χ4v) is 11.4. The van der Waals surface area contributed by atoms with Crippen LogP contribution in [-0.4, -0.2) is 55.4 Å². The third-order valence-electron chi connectivity index (χ3n) is 11.3. The molecule has 3 aliphatic heterocycles. The molecule has 1 N–H and O–H groups in total. The molecule has 0 bridgehead atoms. The summed E-state index contributed by atoms with van der Waals surface area (Å²) >= 11 is 0. The van der Waals surface area contributed by atoms with Crippen molar-refractivity contribution in [1.82, 2.24) is 4.90 Å². The van der Waals surface area contributed by atoms with Gasteiger partial charge >= 0.3 is 0 Å². The van der Waals surface area contributed by atoms with E-state index in [-0.39, 0.29) is 50.4 Å². The summed E-state index contributed by atoms with van der Waals surface area (Å²) in [5.74, 6) is -0.717. The monoisotopic (exact) mass is 769 g/mol. The molecule has 8 rings (SSSR count). The molecule has 4 atom stereocenters. The number of benzene rings is 5. The number of hydrogen-bond donors (Lipinski definition) is 1. The van der Waals surface area contributed by atoms with Crippen molar-refractivity contribution in [2.75, 3.05) is 23.0 Å². The van der Waals surface area contributed by atoms with Crippen molar-refractivity contribution < 1.29 is 33.1 Å². The Bertz CT molecular complexity index is 2290. The molecule has 56 heavy (non-hydrogen) atoms. The number of halogens is 1. The fourth-order valence-electron chi connectivity index (χ4n) is 8.88. The fraction of sp³-hybridized carbons (Fsp3) is 0.267. The van der Waals surface area contributed by atoms with Crippen molar-refractivity contribution in [3.05, 3.63) is 150 Å². The zero-order valence-electron chi connectivity index (χ0n) is 31.6. The number of amides is 3. The summed E-state index contributed by atoms with van der Waals surface area (Å²) in [6.45, 7) is 5.42. The van der Waals surface area contributed by atoms with Crippen LogP contribution in [0.2, 0.25) is 18.6 Å². The molecule has 3 heterocycles. The molecule has 3 amide bonds. The van der Waals surface area contributed by atoms with Crippen LogP contribution in [-0.2, 0) is 33.0 Å². The van der Waals surface area contributed by atoms with Gasteiger partial charge in [-0.2, -0.15) is 0 Å². The van der Waals surface area contributed by atoms with Gasteiger partial charge in [-0.15, -0.1) is 0 Å². The molecule has 9 nitrogen and oxygen atoms in total. The normalized spacial score (nSPS) is 21.3. The highest BCUT2D eigenvalue weighted by Gasteiger charge is 2.67. The summed E-state index contributed by atoms with van der Waals surface area (Å²) in [6, 6.07) is 38.9. The van der Waals surface area contributed by atoms with Crippen LogP contribution in [0.25, 0.3) is 0 Å². The Balaban J connectivity index is 1.24. The van der Waals surface area contributed by atoms with Crippen molar-refractivity contribution in [1.29, 1.82) is 0 Å². The van der Waals surface area contributed by atoms with Gasteiger partial charge in [0.2, 0.25) is 14.3 Å². The highest BCUT2D eigenvalue weighted by molar-refractivity contribution is 6.72. The van der Waals surface area contributed by atoms with E-state index in [1.807, 2.05) is 110 Å². The van der Waals surface area contributed by atoms with Gasteiger partial charge in [-0.05, 0) is 66.7 Å². The Morgan fingerprint density at radius 2 is 1.48 bits per heavy atom. The van der Waals surface area contributed by atoms with Gasteiger partial charge < -0.3 is 28.5 Å². The Kier molecular flexibility index (Phi) is 9.86. The molecular weight excluding hydrogens is 726 g/mol.